The van der Waals surface area contributed by atoms with Crippen LogP contribution < -0.4 is 0 Å². The minimum Gasteiger partial charge on any atom is -0.387 e. The topological polar surface area (TPSA) is 40.5 Å². The van der Waals surface area contributed by atoms with Gasteiger partial charge in [0, 0.05) is 10.9 Å². The van der Waals surface area contributed by atoms with Crippen molar-refractivity contribution in [3.63, 3.8) is 0 Å². The lowest BCUT2D eigenvalue weighted by atomic mass is 10.1. The molecule has 122 valence electrons. The van der Waals surface area contributed by atoms with Crippen molar-refractivity contribution in [1.29, 1.82) is 0 Å². The molecule has 1 N–H and O–H groups in total. The molecule has 5 heteroatoms. The highest BCUT2D eigenvalue weighted by Crippen LogP contribution is 2.33. The second-order valence-corrected chi connectivity index (χ2v) is 7.01. The second-order valence-electron chi connectivity index (χ2n) is 6.03. The van der Waals surface area contributed by atoms with E-state index in [9.17, 15) is 14.3 Å². The van der Waals surface area contributed by atoms with Crippen molar-refractivity contribution < 1.29 is 14.3 Å². The quantitative estimate of drug-likeness (QED) is 0.875. The van der Waals surface area contributed by atoms with Crippen LogP contribution in [0.4, 0.5) is 4.39 Å². The number of benzene rings is 1. The lowest BCUT2D eigenvalue weighted by Gasteiger charge is -2.28. The minimum atomic E-state index is -0.796. The second kappa shape index (κ2) is 6.81. The molecule has 1 aliphatic carbocycles. The maximum absolute atomic E-state index is 13.0. The van der Waals surface area contributed by atoms with E-state index in [0.717, 1.165) is 17.7 Å². The first-order chi connectivity index (χ1) is 11.1. The van der Waals surface area contributed by atoms with Crippen LogP contribution in [0.5, 0.6) is 0 Å². The predicted octanol–water partition coefficient (Wildman–Crippen LogP) is 3.72. The molecule has 2 aromatic rings. The summed E-state index contributed by atoms with van der Waals surface area (Å²) in [6.45, 7) is 2.17. The van der Waals surface area contributed by atoms with Crippen molar-refractivity contribution in [2.24, 2.45) is 0 Å². The van der Waals surface area contributed by atoms with Gasteiger partial charge in [0.2, 0.25) is 5.91 Å². The van der Waals surface area contributed by atoms with E-state index in [4.69, 9.17) is 0 Å². The summed E-state index contributed by atoms with van der Waals surface area (Å²) < 4.78 is 13.0. The van der Waals surface area contributed by atoms with Crippen LogP contribution in [0.2, 0.25) is 0 Å². The third-order valence-corrected chi connectivity index (χ3v) is 5.29. The number of halogens is 1. The van der Waals surface area contributed by atoms with Crippen LogP contribution in [0, 0.1) is 5.82 Å². The third kappa shape index (κ3) is 3.79. The van der Waals surface area contributed by atoms with Gasteiger partial charge in [0.25, 0.3) is 0 Å². The summed E-state index contributed by atoms with van der Waals surface area (Å²) in [6.07, 6.45) is 1.17. The van der Waals surface area contributed by atoms with Crippen LogP contribution >= 0.6 is 11.3 Å². The van der Waals surface area contributed by atoms with Gasteiger partial charge in [-0.15, -0.1) is 11.3 Å². The van der Waals surface area contributed by atoms with Gasteiger partial charge in [-0.3, -0.25) is 4.79 Å². The SMILES string of the molecule is CC(C(=O)N(CC(O)c1ccc(F)cc1)C1CC1)c1cccs1. The van der Waals surface area contributed by atoms with Crippen LogP contribution in [0.3, 0.4) is 0 Å². The monoisotopic (exact) mass is 333 g/mol. The molecular formula is C18H20FNO2S. The van der Waals surface area contributed by atoms with Crippen molar-refractivity contribution in [3.8, 4) is 0 Å². The van der Waals surface area contributed by atoms with Gasteiger partial charge < -0.3 is 10.0 Å². The average Bonchev–Trinajstić information content (AvgIpc) is 3.25. The number of rotatable bonds is 6. The van der Waals surface area contributed by atoms with Crippen LogP contribution in [-0.2, 0) is 4.79 Å². The molecule has 0 saturated heterocycles. The largest absolute Gasteiger partial charge is 0.387 e. The van der Waals surface area contributed by atoms with Crippen molar-refractivity contribution in [2.75, 3.05) is 6.54 Å². The van der Waals surface area contributed by atoms with Crippen LogP contribution in [0.15, 0.2) is 41.8 Å². The number of hydrogen-bond acceptors (Lipinski definition) is 3. The highest BCUT2D eigenvalue weighted by molar-refractivity contribution is 7.10. The number of amides is 1. The molecule has 1 heterocycles. The Morgan fingerprint density at radius 3 is 2.61 bits per heavy atom. The Kier molecular flexibility index (Phi) is 4.78. The van der Waals surface area contributed by atoms with E-state index in [1.54, 1.807) is 28.4 Å². The van der Waals surface area contributed by atoms with E-state index in [1.807, 2.05) is 24.4 Å². The number of hydrogen-bond donors (Lipinski definition) is 1. The standard InChI is InChI=1S/C18H20FNO2S/c1-12(17-3-2-10-23-17)18(22)20(15-8-9-15)11-16(21)13-4-6-14(19)7-5-13/h2-7,10,12,15-16,21H,8-9,11H2,1H3. The maximum atomic E-state index is 13.0. The van der Waals surface area contributed by atoms with E-state index >= 15 is 0 Å². The first-order valence-corrected chi connectivity index (χ1v) is 8.71. The molecule has 23 heavy (non-hydrogen) atoms. The molecular weight excluding hydrogens is 313 g/mol. The lowest BCUT2D eigenvalue weighted by Crippen LogP contribution is -2.39. The van der Waals surface area contributed by atoms with Crippen molar-refractivity contribution in [2.45, 2.75) is 37.8 Å². The zero-order valence-corrected chi connectivity index (χ0v) is 13.8. The molecule has 1 saturated carbocycles. The van der Waals surface area contributed by atoms with Gasteiger partial charge in [0.05, 0.1) is 18.6 Å². The Balaban J connectivity index is 1.71. The molecule has 2 unspecified atom stereocenters. The number of carbonyl (C=O) groups excluding carboxylic acids is 1. The Morgan fingerprint density at radius 1 is 1.35 bits per heavy atom. The molecule has 1 amide bonds. The molecule has 1 aromatic heterocycles. The number of aliphatic hydroxyl groups is 1. The van der Waals surface area contributed by atoms with Crippen molar-refractivity contribution in [1.82, 2.24) is 4.90 Å². The van der Waals surface area contributed by atoms with Crippen LogP contribution in [-0.4, -0.2) is 28.5 Å². The molecule has 0 aliphatic heterocycles. The Labute approximate surface area is 139 Å². The fourth-order valence-electron chi connectivity index (χ4n) is 2.69. The third-order valence-electron chi connectivity index (χ3n) is 4.24. The smallest absolute Gasteiger partial charge is 0.231 e. The molecule has 3 nitrogen and oxygen atoms in total. The first kappa shape index (κ1) is 16.1. The normalized spacial score (nSPS) is 16.8. The van der Waals surface area contributed by atoms with E-state index in [0.29, 0.717) is 5.56 Å². The van der Waals surface area contributed by atoms with Gasteiger partial charge in [-0.25, -0.2) is 4.39 Å². The van der Waals surface area contributed by atoms with Gasteiger partial charge in [-0.1, -0.05) is 18.2 Å². The van der Waals surface area contributed by atoms with Gasteiger partial charge in [-0.2, -0.15) is 0 Å². The van der Waals surface area contributed by atoms with E-state index in [-0.39, 0.29) is 30.2 Å². The van der Waals surface area contributed by atoms with Crippen LogP contribution in [0.1, 0.15) is 42.2 Å². The summed E-state index contributed by atoms with van der Waals surface area (Å²) in [7, 11) is 0. The zero-order valence-electron chi connectivity index (χ0n) is 13.0. The highest BCUT2D eigenvalue weighted by atomic mass is 32.1. The van der Waals surface area contributed by atoms with Crippen LogP contribution in [0.25, 0.3) is 0 Å². The summed E-state index contributed by atoms with van der Waals surface area (Å²) in [5.74, 6) is -0.477. The maximum Gasteiger partial charge on any atom is 0.231 e. The average molecular weight is 333 g/mol. The molecule has 0 radical (unpaired) electrons. The number of aliphatic hydroxyl groups excluding tert-OH is 1. The van der Waals surface area contributed by atoms with Gasteiger partial charge >= 0.3 is 0 Å². The Hall–Kier alpha value is -1.72. The predicted molar refractivity (Wildman–Crippen MR) is 88.8 cm³/mol. The van der Waals surface area contributed by atoms with E-state index < -0.39 is 6.10 Å². The molecule has 0 bridgehead atoms. The zero-order chi connectivity index (χ0) is 16.4. The molecule has 2 atom stereocenters. The molecule has 1 fully saturated rings. The molecule has 3 rings (SSSR count). The van der Waals surface area contributed by atoms with E-state index in [1.165, 1.54) is 12.1 Å². The van der Waals surface area contributed by atoms with Crippen molar-refractivity contribution >= 4 is 17.2 Å². The van der Waals surface area contributed by atoms with E-state index in [2.05, 4.69) is 0 Å². The molecule has 1 aliphatic rings. The lowest BCUT2D eigenvalue weighted by molar-refractivity contribution is -0.134. The first-order valence-electron chi connectivity index (χ1n) is 7.83. The fourth-order valence-corrected chi connectivity index (χ4v) is 3.47. The Bertz CT molecular complexity index is 652. The summed E-state index contributed by atoms with van der Waals surface area (Å²) in [5, 5.41) is 12.4. The van der Waals surface area contributed by atoms with Gasteiger partial charge in [0.15, 0.2) is 0 Å². The summed E-state index contributed by atoms with van der Waals surface area (Å²) in [4.78, 5) is 15.6. The minimum absolute atomic E-state index is 0.0520. The molecule has 1 aromatic carbocycles. The summed E-state index contributed by atoms with van der Waals surface area (Å²) >= 11 is 1.57. The fraction of sp³-hybridized carbons (Fsp3) is 0.389. The van der Waals surface area contributed by atoms with Crippen molar-refractivity contribution in [3.05, 3.63) is 58.0 Å². The number of nitrogens with zero attached hydrogens (tertiary/aromatic N) is 1. The van der Waals surface area contributed by atoms with Gasteiger partial charge in [-0.05, 0) is 48.9 Å². The summed E-state index contributed by atoms with van der Waals surface area (Å²) in [6, 6.07) is 9.93. The number of carbonyl (C=O) groups is 1. The molecule has 0 spiro atoms. The Morgan fingerprint density at radius 2 is 2.04 bits per heavy atom. The number of thiophene rings is 1. The highest BCUT2D eigenvalue weighted by Gasteiger charge is 2.36. The summed E-state index contributed by atoms with van der Waals surface area (Å²) in [5.41, 5.74) is 0.633. The van der Waals surface area contributed by atoms with Gasteiger partial charge in [0.1, 0.15) is 5.82 Å².